The largest absolute Gasteiger partial charge is 0.382 e. The Morgan fingerprint density at radius 1 is 1.50 bits per heavy atom. The second-order valence-corrected chi connectivity index (χ2v) is 5.46. The summed E-state index contributed by atoms with van der Waals surface area (Å²) in [6.45, 7) is 8.96. The highest BCUT2D eigenvalue weighted by molar-refractivity contribution is 7.99. The number of ether oxygens (including phenoxy) is 1. The van der Waals surface area contributed by atoms with Gasteiger partial charge < -0.3 is 14.6 Å². The molecule has 0 amide bonds. The van der Waals surface area contributed by atoms with Crippen LogP contribution in [-0.4, -0.2) is 40.8 Å². The van der Waals surface area contributed by atoms with Crippen molar-refractivity contribution in [3.05, 3.63) is 12.4 Å². The van der Waals surface area contributed by atoms with Crippen LogP contribution < -0.4 is 5.32 Å². The number of imidazole rings is 1. The smallest absolute Gasteiger partial charge is 0.203 e. The number of hydrogen-bond donors (Lipinski definition) is 1. The van der Waals surface area contributed by atoms with Gasteiger partial charge in [-0.25, -0.2) is 4.98 Å². The molecular weight excluding hydrogens is 246 g/mol. The third-order valence-electron chi connectivity index (χ3n) is 2.66. The molecular formula is C13H25N3OS. The quantitative estimate of drug-likeness (QED) is 0.664. The average Bonchev–Trinajstić information content (AvgIpc) is 2.84. The molecule has 5 heteroatoms. The first-order chi connectivity index (χ1) is 8.79. The molecule has 104 valence electrons. The van der Waals surface area contributed by atoms with Crippen LogP contribution in [0.3, 0.4) is 0 Å². The standard InChI is InChI=1S/C13H25N3OS/c1-4-17-10-6-7-14-13-15-8-9-16(13)12(3)11-18-5-2/h8-9,12H,4-7,10-11H2,1-3H3,(H,14,15). The molecule has 0 bridgehead atoms. The lowest BCUT2D eigenvalue weighted by molar-refractivity contribution is 0.147. The number of nitrogens with zero attached hydrogens (tertiary/aromatic N) is 2. The lowest BCUT2D eigenvalue weighted by Gasteiger charge is -2.16. The van der Waals surface area contributed by atoms with Gasteiger partial charge in [-0.15, -0.1) is 0 Å². The van der Waals surface area contributed by atoms with Crippen molar-refractivity contribution in [2.45, 2.75) is 33.2 Å². The van der Waals surface area contributed by atoms with Crippen molar-refractivity contribution in [1.82, 2.24) is 9.55 Å². The first-order valence-electron chi connectivity index (χ1n) is 6.71. The van der Waals surface area contributed by atoms with Crippen molar-refractivity contribution < 1.29 is 4.74 Å². The van der Waals surface area contributed by atoms with Gasteiger partial charge in [-0.3, -0.25) is 0 Å². The lowest BCUT2D eigenvalue weighted by atomic mass is 10.4. The summed E-state index contributed by atoms with van der Waals surface area (Å²) in [5, 5.41) is 3.37. The molecule has 0 aromatic carbocycles. The van der Waals surface area contributed by atoms with Crippen LogP contribution in [0.5, 0.6) is 0 Å². The summed E-state index contributed by atoms with van der Waals surface area (Å²) in [6.07, 6.45) is 4.92. The number of hydrogen-bond acceptors (Lipinski definition) is 4. The van der Waals surface area contributed by atoms with Crippen molar-refractivity contribution in [3.8, 4) is 0 Å². The average molecular weight is 271 g/mol. The topological polar surface area (TPSA) is 39.1 Å². The first-order valence-corrected chi connectivity index (χ1v) is 7.87. The highest BCUT2D eigenvalue weighted by atomic mass is 32.2. The summed E-state index contributed by atoms with van der Waals surface area (Å²) in [5.41, 5.74) is 0. The molecule has 1 rings (SSSR count). The van der Waals surface area contributed by atoms with E-state index in [1.54, 1.807) is 0 Å². The lowest BCUT2D eigenvalue weighted by Crippen LogP contribution is -2.14. The van der Waals surface area contributed by atoms with E-state index < -0.39 is 0 Å². The van der Waals surface area contributed by atoms with Gasteiger partial charge in [0.05, 0.1) is 0 Å². The van der Waals surface area contributed by atoms with Gasteiger partial charge in [-0.1, -0.05) is 6.92 Å². The summed E-state index contributed by atoms with van der Waals surface area (Å²) in [7, 11) is 0. The van der Waals surface area contributed by atoms with Crippen molar-refractivity contribution in [2.75, 3.05) is 36.6 Å². The van der Waals surface area contributed by atoms with Crippen LogP contribution in [0.15, 0.2) is 12.4 Å². The van der Waals surface area contributed by atoms with Gasteiger partial charge in [0.2, 0.25) is 5.95 Å². The third-order valence-corrected chi connectivity index (χ3v) is 3.79. The third kappa shape index (κ3) is 5.31. The maximum Gasteiger partial charge on any atom is 0.203 e. The Balaban J connectivity index is 2.34. The molecule has 0 radical (unpaired) electrons. The van der Waals surface area contributed by atoms with Crippen LogP contribution in [0.4, 0.5) is 5.95 Å². The van der Waals surface area contributed by atoms with Gasteiger partial charge in [0.1, 0.15) is 0 Å². The molecule has 0 aliphatic rings. The number of rotatable bonds is 10. The summed E-state index contributed by atoms with van der Waals surface area (Å²) < 4.78 is 7.52. The highest BCUT2D eigenvalue weighted by Gasteiger charge is 2.08. The van der Waals surface area contributed by atoms with Crippen molar-refractivity contribution in [3.63, 3.8) is 0 Å². The summed E-state index contributed by atoms with van der Waals surface area (Å²) in [6, 6.07) is 0.479. The number of aromatic nitrogens is 2. The van der Waals surface area contributed by atoms with Crippen LogP contribution in [0.2, 0.25) is 0 Å². The maximum absolute atomic E-state index is 5.31. The van der Waals surface area contributed by atoms with Crippen LogP contribution in [0.25, 0.3) is 0 Å². The second kappa shape index (κ2) is 9.28. The Morgan fingerprint density at radius 2 is 2.33 bits per heavy atom. The molecule has 1 heterocycles. The molecule has 1 aromatic heterocycles. The first kappa shape index (κ1) is 15.4. The zero-order chi connectivity index (χ0) is 13.2. The van der Waals surface area contributed by atoms with Gasteiger partial charge in [0.15, 0.2) is 0 Å². The van der Waals surface area contributed by atoms with Crippen LogP contribution >= 0.6 is 11.8 Å². The SMILES string of the molecule is CCOCCCNc1nccn1C(C)CSCC. The molecule has 1 N–H and O–H groups in total. The Bertz CT molecular complexity index is 317. The molecule has 0 aliphatic heterocycles. The Hall–Kier alpha value is -0.680. The van der Waals surface area contributed by atoms with Crippen LogP contribution in [0, 0.1) is 0 Å². The zero-order valence-electron chi connectivity index (χ0n) is 11.7. The minimum absolute atomic E-state index is 0.479. The normalized spacial score (nSPS) is 12.6. The molecule has 0 fully saturated rings. The minimum Gasteiger partial charge on any atom is -0.382 e. The van der Waals surface area contributed by atoms with Gasteiger partial charge in [0, 0.05) is 43.9 Å². The number of nitrogens with one attached hydrogen (secondary N) is 1. The van der Waals surface area contributed by atoms with E-state index >= 15 is 0 Å². The summed E-state index contributed by atoms with van der Waals surface area (Å²) in [5.74, 6) is 3.26. The number of anilines is 1. The fourth-order valence-electron chi connectivity index (χ4n) is 1.69. The molecule has 0 saturated carbocycles. The van der Waals surface area contributed by atoms with Gasteiger partial charge in [-0.05, 0) is 26.0 Å². The summed E-state index contributed by atoms with van der Waals surface area (Å²) >= 11 is 1.96. The molecule has 0 saturated heterocycles. The van der Waals surface area contributed by atoms with E-state index in [1.807, 2.05) is 31.1 Å². The van der Waals surface area contributed by atoms with E-state index in [2.05, 4.69) is 28.7 Å². The molecule has 0 aliphatic carbocycles. The van der Waals surface area contributed by atoms with E-state index in [-0.39, 0.29) is 0 Å². The Morgan fingerprint density at radius 3 is 3.06 bits per heavy atom. The number of thioether (sulfide) groups is 1. The molecule has 18 heavy (non-hydrogen) atoms. The van der Waals surface area contributed by atoms with Crippen molar-refractivity contribution in [1.29, 1.82) is 0 Å². The van der Waals surface area contributed by atoms with E-state index in [9.17, 15) is 0 Å². The van der Waals surface area contributed by atoms with Gasteiger partial charge in [0.25, 0.3) is 0 Å². The Labute approximate surface area is 115 Å². The molecule has 1 atom stereocenters. The van der Waals surface area contributed by atoms with E-state index in [0.717, 1.165) is 43.6 Å². The molecule has 4 nitrogen and oxygen atoms in total. The molecule has 1 aromatic rings. The fraction of sp³-hybridized carbons (Fsp3) is 0.769. The maximum atomic E-state index is 5.31. The molecule has 0 spiro atoms. The second-order valence-electron chi connectivity index (χ2n) is 4.14. The van der Waals surface area contributed by atoms with Crippen molar-refractivity contribution >= 4 is 17.7 Å². The van der Waals surface area contributed by atoms with Crippen LogP contribution in [-0.2, 0) is 4.74 Å². The van der Waals surface area contributed by atoms with Crippen molar-refractivity contribution in [2.24, 2.45) is 0 Å². The van der Waals surface area contributed by atoms with Gasteiger partial charge >= 0.3 is 0 Å². The predicted octanol–water partition coefficient (Wildman–Crippen LogP) is 3.04. The summed E-state index contributed by atoms with van der Waals surface area (Å²) in [4.78, 5) is 4.36. The van der Waals surface area contributed by atoms with E-state index in [4.69, 9.17) is 4.74 Å². The predicted molar refractivity (Wildman–Crippen MR) is 79.5 cm³/mol. The fourth-order valence-corrected chi connectivity index (χ4v) is 2.43. The van der Waals surface area contributed by atoms with E-state index in [0.29, 0.717) is 6.04 Å². The Kier molecular flexibility index (Phi) is 7.93. The zero-order valence-corrected chi connectivity index (χ0v) is 12.5. The van der Waals surface area contributed by atoms with E-state index in [1.165, 1.54) is 0 Å². The molecule has 1 unspecified atom stereocenters. The monoisotopic (exact) mass is 271 g/mol. The highest BCUT2D eigenvalue weighted by Crippen LogP contribution is 2.18. The van der Waals surface area contributed by atoms with Crippen LogP contribution in [0.1, 0.15) is 33.2 Å². The minimum atomic E-state index is 0.479. The van der Waals surface area contributed by atoms with Gasteiger partial charge in [-0.2, -0.15) is 11.8 Å².